The highest BCUT2D eigenvalue weighted by molar-refractivity contribution is 7.81. The van der Waals surface area contributed by atoms with Crippen molar-refractivity contribution in [3.05, 3.63) is 56.7 Å². The Morgan fingerprint density at radius 1 is 0.978 bits per heavy atom. The third-order valence-corrected chi connectivity index (χ3v) is 9.95. The van der Waals surface area contributed by atoms with Gasteiger partial charge in [-0.2, -0.15) is 25.3 Å². The zero-order valence-corrected chi connectivity index (χ0v) is 28.1. The van der Waals surface area contributed by atoms with Gasteiger partial charge in [-0.05, 0) is 67.5 Å². The molecule has 0 spiro atoms. The summed E-state index contributed by atoms with van der Waals surface area (Å²) in [5, 5.41) is 28.6. The summed E-state index contributed by atoms with van der Waals surface area (Å²) in [7, 11) is 0. The molecular weight excluding hydrogens is 613 g/mol. The molecule has 6 N–H and O–H groups in total. The first kappa shape index (κ1) is 34.5. The molecule has 1 aromatic heterocycles. The van der Waals surface area contributed by atoms with Crippen LogP contribution in [-0.4, -0.2) is 62.0 Å². The van der Waals surface area contributed by atoms with Crippen LogP contribution in [0.25, 0.3) is 12.2 Å². The highest BCUT2D eigenvalue weighted by Gasteiger charge is 2.39. The molecule has 4 rings (SSSR count). The highest BCUT2D eigenvalue weighted by atomic mass is 32.1. The second kappa shape index (κ2) is 14.4. The van der Waals surface area contributed by atoms with Gasteiger partial charge in [0.2, 0.25) is 11.8 Å². The molecule has 2 amide bonds. The molecule has 0 saturated carbocycles. The fourth-order valence-corrected chi connectivity index (χ4v) is 7.43. The summed E-state index contributed by atoms with van der Waals surface area (Å²) >= 11 is 8.88. The summed E-state index contributed by atoms with van der Waals surface area (Å²) < 4.78 is 0. The molecule has 4 heterocycles. The number of amides is 2. The summed E-state index contributed by atoms with van der Waals surface area (Å²) in [5.74, 6) is -1.80. The zero-order chi connectivity index (χ0) is 33.2. The monoisotopic (exact) mass is 656 g/mol. The minimum absolute atomic E-state index is 0.00150. The van der Waals surface area contributed by atoms with Crippen LogP contribution in [0, 0.1) is 24.7 Å². The van der Waals surface area contributed by atoms with Gasteiger partial charge in [-0.25, -0.2) is 0 Å². The quantitative estimate of drug-likeness (QED) is 0.123. The van der Waals surface area contributed by atoms with Gasteiger partial charge >= 0.3 is 11.9 Å². The van der Waals surface area contributed by atoms with E-state index in [0.717, 1.165) is 50.6 Å². The van der Waals surface area contributed by atoms with E-state index in [1.807, 2.05) is 52.8 Å². The Balaban J connectivity index is 1.73. The summed E-state index contributed by atoms with van der Waals surface area (Å²) in [6.45, 7) is 9.78. The number of allylic oxidation sites excluding steroid dienone is 2. The fourth-order valence-electron chi connectivity index (χ4n) is 6.81. The van der Waals surface area contributed by atoms with Gasteiger partial charge in [-0.3, -0.25) is 19.2 Å². The summed E-state index contributed by atoms with van der Waals surface area (Å²) in [6.07, 6.45) is 6.81. The van der Waals surface area contributed by atoms with Crippen molar-refractivity contribution in [3.8, 4) is 0 Å². The largest absolute Gasteiger partial charge is 0.481 e. The van der Waals surface area contributed by atoms with E-state index in [9.17, 15) is 29.4 Å². The predicted octanol–water partition coefficient (Wildman–Crippen LogP) is 4.26. The number of thiol groups is 2. The van der Waals surface area contributed by atoms with E-state index >= 15 is 0 Å². The molecular formula is C33H44N4O6S2. The number of carbonyl (C=O) groups excluding carboxylic acids is 2. The topological polar surface area (TPSA) is 161 Å². The second-order valence-corrected chi connectivity index (χ2v) is 13.5. The molecule has 45 heavy (non-hydrogen) atoms. The number of hydrogen-bond acceptors (Lipinski definition) is 7. The first-order valence-electron chi connectivity index (χ1n) is 15.4. The molecule has 3 aliphatic rings. The van der Waals surface area contributed by atoms with Gasteiger partial charge in [-0.1, -0.05) is 26.8 Å². The third kappa shape index (κ3) is 7.54. The Morgan fingerprint density at radius 3 is 2.27 bits per heavy atom. The van der Waals surface area contributed by atoms with Crippen molar-refractivity contribution < 1.29 is 29.4 Å². The molecule has 2 saturated heterocycles. The van der Waals surface area contributed by atoms with Gasteiger partial charge in [0.05, 0.1) is 0 Å². The molecule has 0 radical (unpaired) electrons. The lowest BCUT2D eigenvalue weighted by molar-refractivity contribution is -0.138. The average Bonchev–Trinajstić information content (AvgIpc) is 3.60. The Bertz CT molecular complexity index is 1500. The van der Waals surface area contributed by atoms with Crippen molar-refractivity contribution in [3.63, 3.8) is 0 Å². The van der Waals surface area contributed by atoms with Crippen LogP contribution in [0.15, 0.2) is 34.2 Å². The number of aromatic amines is 1. The van der Waals surface area contributed by atoms with Gasteiger partial charge in [0.25, 0.3) is 0 Å². The molecule has 244 valence electrons. The maximum atomic E-state index is 12.6. The molecule has 10 nitrogen and oxygen atoms in total. The molecule has 0 bridgehead atoms. The summed E-state index contributed by atoms with van der Waals surface area (Å²) in [5.41, 5.74) is 7.36. The minimum Gasteiger partial charge on any atom is -0.481 e. The van der Waals surface area contributed by atoms with Crippen LogP contribution in [-0.2, 0) is 25.6 Å². The number of carbonyl (C=O) groups is 4. The van der Waals surface area contributed by atoms with E-state index in [1.54, 1.807) is 0 Å². The Labute approximate surface area is 275 Å². The number of aliphatic carboxylic acids is 2. The van der Waals surface area contributed by atoms with Gasteiger partial charge < -0.3 is 31.1 Å². The van der Waals surface area contributed by atoms with E-state index in [0.29, 0.717) is 18.6 Å². The number of H-pyrrole nitrogens is 1. The van der Waals surface area contributed by atoms with Crippen LogP contribution in [0.4, 0.5) is 0 Å². The number of nitrogens with one attached hydrogen (secondary N) is 4. The van der Waals surface area contributed by atoms with Gasteiger partial charge in [0, 0.05) is 82.0 Å². The lowest BCUT2D eigenvalue weighted by Gasteiger charge is -2.21. The van der Waals surface area contributed by atoms with Crippen LogP contribution in [0.2, 0.25) is 0 Å². The molecule has 1 aromatic rings. The maximum absolute atomic E-state index is 12.6. The van der Waals surface area contributed by atoms with Crippen molar-refractivity contribution in [1.82, 2.24) is 20.9 Å². The van der Waals surface area contributed by atoms with Crippen molar-refractivity contribution in [2.24, 2.45) is 17.8 Å². The molecule has 2 unspecified atom stereocenters. The number of rotatable bonds is 12. The Hall–Kier alpha value is -3.38. The smallest absolute Gasteiger partial charge is 0.303 e. The van der Waals surface area contributed by atoms with E-state index in [4.69, 9.17) is 0 Å². The molecule has 0 aromatic carbocycles. The van der Waals surface area contributed by atoms with Gasteiger partial charge in [-0.15, -0.1) is 0 Å². The van der Waals surface area contributed by atoms with E-state index in [-0.39, 0.29) is 66.2 Å². The van der Waals surface area contributed by atoms with Crippen LogP contribution in [0.3, 0.4) is 0 Å². The van der Waals surface area contributed by atoms with Crippen LogP contribution in [0.5, 0.6) is 0 Å². The first-order valence-corrected chi connectivity index (χ1v) is 16.5. The van der Waals surface area contributed by atoms with Crippen molar-refractivity contribution in [2.45, 2.75) is 84.1 Å². The number of aromatic nitrogens is 1. The lowest BCUT2D eigenvalue weighted by atomic mass is 9.90. The second-order valence-electron chi connectivity index (χ2n) is 12.4. The van der Waals surface area contributed by atoms with Gasteiger partial charge in [0.15, 0.2) is 0 Å². The number of hydrogen-bond donors (Lipinski definition) is 8. The summed E-state index contributed by atoms with van der Waals surface area (Å²) in [4.78, 5) is 51.7. The molecule has 12 heteroatoms. The van der Waals surface area contributed by atoms with E-state index < -0.39 is 11.9 Å². The molecule has 0 aliphatic carbocycles. The van der Waals surface area contributed by atoms with Crippen molar-refractivity contribution in [1.29, 1.82) is 0 Å². The Kier molecular flexibility index (Phi) is 11.0. The minimum atomic E-state index is -0.911. The summed E-state index contributed by atoms with van der Waals surface area (Å²) in [6, 6.07) is -0.226. The van der Waals surface area contributed by atoms with Crippen LogP contribution < -0.4 is 16.0 Å². The molecule has 3 aliphatic heterocycles. The Morgan fingerprint density at radius 2 is 1.64 bits per heavy atom. The zero-order valence-electron chi connectivity index (χ0n) is 26.4. The van der Waals surface area contributed by atoms with E-state index in [2.05, 4.69) is 46.2 Å². The SMILES string of the molecule is CC1=C(CCC(=O)O)/C(=C/c2[nH]c(/C=C3\NC(=O)[C@H](C)[C@H]3[C@H](C)S)c(C)c2CCC(=O)O)NC1C[C@H]1NC(=O)/C(=C/CS)C1C. The molecule has 6 atom stereocenters. The van der Waals surface area contributed by atoms with E-state index in [1.165, 1.54) is 0 Å². The van der Waals surface area contributed by atoms with Crippen molar-refractivity contribution >= 4 is 61.2 Å². The average molecular weight is 657 g/mol. The predicted molar refractivity (Wildman–Crippen MR) is 181 cm³/mol. The van der Waals surface area contributed by atoms with Crippen molar-refractivity contribution in [2.75, 3.05) is 5.75 Å². The standard InChI is InChI=1S/C33H44N4O6S2/c1-15-20(6-8-29(38)39)26(34-23(15)12-25-17(3)22(10-11-44)33(43)36-25)14-27-21(7-9-30(40)41)16(2)24(35-27)13-28-31(19(5)45)18(4)32(42)37-28/h10,13-14,17-19,23,25,31,34-35,44-45H,6-9,11-12H2,1-5H3,(H,36,43)(H,37,42)(H,38,39)(H,40,41)/b22-10+,26-14-,28-13-/t17?,18-,19+,23?,25-,31+/m1/s1. The van der Waals surface area contributed by atoms with Crippen LogP contribution >= 0.6 is 25.3 Å². The third-order valence-electron chi connectivity index (χ3n) is 9.44. The lowest BCUT2D eigenvalue weighted by Crippen LogP contribution is -2.36. The molecule has 2 fully saturated rings. The first-order chi connectivity index (χ1) is 21.2. The number of carboxylic acids is 2. The maximum Gasteiger partial charge on any atom is 0.303 e. The van der Waals surface area contributed by atoms with Crippen LogP contribution in [0.1, 0.15) is 75.9 Å². The fraction of sp³-hybridized carbons (Fsp3) is 0.515. The van der Waals surface area contributed by atoms with Gasteiger partial charge in [0.1, 0.15) is 0 Å². The highest BCUT2D eigenvalue weighted by Crippen LogP contribution is 2.37. The number of carboxylic acid groups (broad SMARTS) is 2. The normalized spacial score (nSPS) is 28.2.